The Labute approximate surface area is 150 Å². The lowest BCUT2D eigenvalue weighted by molar-refractivity contribution is 0.520. The maximum absolute atomic E-state index is 12.5. The molecule has 0 spiro atoms. The Morgan fingerprint density at radius 2 is 1.46 bits per heavy atom. The fraction of sp³-hybridized carbons (Fsp3) is 0.200. The molecule has 0 heterocycles. The maximum atomic E-state index is 12.5. The Morgan fingerprint density at radius 1 is 0.917 bits per heavy atom. The molecule has 0 fully saturated rings. The predicted molar refractivity (Wildman–Crippen MR) is 97.0 cm³/mol. The second-order valence-electron chi connectivity index (χ2n) is 5.32. The average Bonchev–Trinajstić information content (AvgIpc) is 2.49. The van der Waals surface area contributed by atoms with Crippen molar-refractivity contribution in [2.75, 3.05) is 18.8 Å². The predicted octanol–water partition coefficient (Wildman–Crippen LogP) is 2.81. The summed E-state index contributed by atoms with van der Waals surface area (Å²) in [6.07, 6.45) is 0. The van der Waals surface area contributed by atoms with Crippen LogP contribution in [0.3, 0.4) is 0 Å². The Bertz CT molecular complexity index is 953. The highest BCUT2D eigenvalue weighted by Gasteiger charge is 2.20. The van der Waals surface area contributed by atoms with E-state index in [1.807, 2.05) is 0 Å². The number of hydrogen-bond acceptors (Lipinski definition) is 4. The molecule has 0 radical (unpaired) electrons. The van der Waals surface area contributed by atoms with Crippen LogP contribution in [0.4, 0.5) is 5.69 Å². The minimum Gasteiger partial charge on any atom is -0.279 e. The third-order valence-electron chi connectivity index (χ3n) is 3.36. The van der Waals surface area contributed by atoms with Crippen LogP contribution in [0.15, 0.2) is 56.7 Å². The van der Waals surface area contributed by atoms with Gasteiger partial charge in [0.1, 0.15) is 0 Å². The summed E-state index contributed by atoms with van der Waals surface area (Å²) in [6, 6.07) is 10.5. The van der Waals surface area contributed by atoms with Gasteiger partial charge in [0.2, 0.25) is 10.0 Å². The second kappa shape index (κ2) is 6.83. The standard InChI is InChI=1S/C15H17BrN2O4S2/c1-11-4-7-14(24(21,22)18(2)3)10-15(11)17-23(19,20)13-8-5-12(16)6-9-13/h4-10,17H,1-3H3. The van der Waals surface area contributed by atoms with Gasteiger partial charge in [-0.25, -0.2) is 21.1 Å². The molecule has 2 aromatic carbocycles. The van der Waals surface area contributed by atoms with E-state index in [4.69, 9.17) is 0 Å². The van der Waals surface area contributed by atoms with Gasteiger partial charge in [-0.05, 0) is 48.9 Å². The molecule has 0 amide bonds. The fourth-order valence-corrected chi connectivity index (χ4v) is 4.21. The zero-order valence-corrected chi connectivity index (χ0v) is 16.5. The molecule has 0 bridgehead atoms. The molecular weight excluding hydrogens is 416 g/mol. The molecule has 2 rings (SSSR count). The summed E-state index contributed by atoms with van der Waals surface area (Å²) in [6.45, 7) is 1.70. The summed E-state index contributed by atoms with van der Waals surface area (Å²) in [7, 11) is -4.63. The minimum absolute atomic E-state index is 0.0200. The van der Waals surface area contributed by atoms with Crippen molar-refractivity contribution in [3.8, 4) is 0 Å². The smallest absolute Gasteiger partial charge is 0.261 e. The Hall–Kier alpha value is -1.42. The number of anilines is 1. The minimum atomic E-state index is -3.81. The van der Waals surface area contributed by atoms with E-state index in [1.54, 1.807) is 25.1 Å². The van der Waals surface area contributed by atoms with Crippen molar-refractivity contribution in [1.82, 2.24) is 4.31 Å². The van der Waals surface area contributed by atoms with Crippen molar-refractivity contribution < 1.29 is 16.8 Å². The van der Waals surface area contributed by atoms with Gasteiger partial charge in [-0.15, -0.1) is 0 Å². The first-order valence-electron chi connectivity index (χ1n) is 6.85. The number of halogens is 1. The zero-order valence-electron chi connectivity index (χ0n) is 13.3. The van der Waals surface area contributed by atoms with Gasteiger partial charge in [0.05, 0.1) is 15.5 Å². The Morgan fingerprint density at radius 3 is 2.00 bits per heavy atom. The Balaban J connectivity index is 2.44. The molecule has 0 aliphatic heterocycles. The number of aryl methyl sites for hydroxylation is 1. The molecule has 24 heavy (non-hydrogen) atoms. The van der Waals surface area contributed by atoms with Gasteiger partial charge in [0.25, 0.3) is 10.0 Å². The van der Waals surface area contributed by atoms with Crippen molar-refractivity contribution in [2.45, 2.75) is 16.7 Å². The molecule has 0 aliphatic carbocycles. The van der Waals surface area contributed by atoms with Crippen molar-refractivity contribution >= 4 is 41.7 Å². The summed E-state index contributed by atoms with van der Waals surface area (Å²) >= 11 is 3.25. The van der Waals surface area contributed by atoms with Gasteiger partial charge in [0, 0.05) is 18.6 Å². The summed E-state index contributed by atoms with van der Waals surface area (Å²) in [5.74, 6) is 0. The van der Waals surface area contributed by atoms with Crippen molar-refractivity contribution in [2.24, 2.45) is 0 Å². The third kappa shape index (κ3) is 3.97. The molecule has 1 N–H and O–H groups in total. The summed E-state index contributed by atoms with van der Waals surface area (Å²) in [5, 5.41) is 0. The monoisotopic (exact) mass is 432 g/mol. The van der Waals surface area contributed by atoms with Crippen LogP contribution in [0, 0.1) is 6.92 Å². The number of sulfonamides is 2. The highest BCUT2D eigenvalue weighted by molar-refractivity contribution is 9.10. The van der Waals surface area contributed by atoms with E-state index in [-0.39, 0.29) is 15.5 Å². The number of nitrogens with zero attached hydrogens (tertiary/aromatic N) is 1. The molecule has 0 saturated heterocycles. The highest BCUT2D eigenvalue weighted by atomic mass is 79.9. The molecule has 0 aliphatic rings. The number of hydrogen-bond donors (Lipinski definition) is 1. The molecule has 0 saturated carbocycles. The summed E-state index contributed by atoms with van der Waals surface area (Å²) < 4.78 is 53.7. The van der Waals surface area contributed by atoms with Gasteiger partial charge in [-0.3, -0.25) is 4.72 Å². The molecule has 9 heteroatoms. The summed E-state index contributed by atoms with van der Waals surface area (Å²) in [5.41, 5.74) is 0.842. The maximum Gasteiger partial charge on any atom is 0.261 e. The van der Waals surface area contributed by atoms with E-state index in [9.17, 15) is 16.8 Å². The third-order valence-corrected chi connectivity index (χ3v) is 7.08. The van der Waals surface area contributed by atoms with Crippen molar-refractivity contribution in [3.63, 3.8) is 0 Å². The quantitative estimate of drug-likeness (QED) is 0.786. The molecule has 0 unspecified atom stereocenters. The van der Waals surface area contributed by atoms with Gasteiger partial charge in [0.15, 0.2) is 0 Å². The normalized spacial score (nSPS) is 12.4. The SMILES string of the molecule is Cc1ccc(S(=O)(=O)N(C)C)cc1NS(=O)(=O)c1ccc(Br)cc1. The van der Waals surface area contributed by atoms with Crippen LogP contribution >= 0.6 is 15.9 Å². The highest BCUT2D eigenvalue weighted by Crippen LogP contribution is 2.25. The van der Waals surface area contributed by atoms with Crippen LogP contribution in [0.1, 0.15) is 5.56 Å². The number of rotatable bonds is 5. The van der Waals surface area contributed by atoms with Crippen LogP contribution < -0.4 is 4.72 Å². The van der Waals surface area contributed by atoms with E-state index in [2.05, 4.69) is 20.7 Å². The zero-order chi connectivity index (χ0) is 18.1. The molecule has 0 atom stereocenters. The Kier molecular flexibility index (Phi) is 5.38. The van der Waals surface area contributed by atoms with E-state index < -0.39 is 20.0 Å². The first-order valence-corrected chi connectivity index (χ1v) is 10.6. The lowest BCUT2D eigenvalue weighted by Gasteiger charge is -2.15. The van der Waals surface area contributed by atoms with Crippen LogP contribution in [0.25, 0.3) is 0 Å². The van der Waals surface area contributed by atoms with Crippen LogP contribution in [-0.2, 0) is 20.0 Å². The lowest BCUT2D eigenvalue weighted by Crippen LogP contribution is -2.22. The number of benzene rings is 2. The van der Waals surface area contributed by atoms with Crippen LogP contribution in [0.2, 0.25) is 0 Å². The van der Waals surface area contributed by atoms with E-state index in [0.29, 0.717) is 5.56 Å². The molecule has 0 aromatic heterocycles. The molecule has 130 valence electrons. The average molecular weight is 433 g/mol. The van der Waals surface area contributed by atoms with E-state index in [0.717, 1.165) is 8.78 Å². The van der Waals surface area contributed by atoms with Crippen LogP contribution in [0.5, 0.6) is 0 Å². The summed E-state index contributed by atoms with van der Waals surface area (Å²) in [4.78, 5) is 0.109. The first kappa shape index (κ1) is 18.9. The first-order chi connectivity index (χ1) is 11.0. The largest absolute Gasteiger partial charge is 0.279 e. The van der Waals surface area contributed by atoms with Gasteiger partial charge in [-0.1, -0.05) is 22.0 Å². The van der Waals surface area contributed by atoms with E-state index >= 15 is 0 Å². The van der Waals surface area contributed by atoms with Crippen molar-refractivity contribution in [1.29, 1.82) is 0 Å². The second-order valence-corrected chi connectivity index (χ2v) is 10.1. The molecule has 6 nitrogen and oxygen atoms in total. The fourth-order valence-electron chi connectivity index (χ4n) is 1.90. The lowest BCUT2D eigenvalue weighted by atomic mass is 10.2. The number of nitrogens with one attached hydrogen (secondary N) is 1. The van der Waals surface area contributed by atoms with E-state index in [1.165, 1.54) is 38.4 Å². The molecule has 2 aromatic rings. The van der Waals surface area contributed by atoms with Crippen LogP contribution in [-0.4, -0.2) is 35.2 Å². The van der Waals surface area contributed by atoms with Crippen molar-refractivity contribution in [3.05, 3.63) is 52.5 Å². The van der Waals surface area contributed by atoms with Gasteiger partial charge < -0.3 is 0 Å². The van der Waals surface area contributed by atoms with Gasteiger partial charge >= 0.3 is 0 Å². The van der Waals surface area contributed by atoms with Gasteiger partial charge in [-0.2, -0.15) is 0 Å². The molecular formula is C15H17BrN2O4S2. The topological polar surface area (TPSA) is 83.6 Å².